The van der Waals surface area contributed by atoms with Crippen molar-refractivity contribution in [2.45, 2.75) is 39.0 Å². The smallest absolute Gasteiger partial charge is 0.154 e. The Labute approximate surface area is 134 Å². The van der Waals surface area contributed by atoms with Crippen LogP contribution in [-0.4, -0.2) is 33.0 Å². The van der Waals surface area contributed by atoms with Crippen LogP contribution in [-0.2, 0) is 5.41 Å². The van der Waals surface area contributed by atoms with E-state index in [0.717, 1.165) is 41.4 Å². The van der Waals surface area contributed by atoms with Gasteiger partial charge in [-0.15, -0.1) is 0 Å². The van der Waals surface area contributed by atoms with Crippen molar-refractivity contribution in [1.82, 2.24) is 14.6 Å². The fraction of sp³-hybridized carbons (Fsp3) is 0.625. The van der Waals surface area contributed by atoms with E-state index in [0.29, 0.717) is 0 Å². The number of halogens is 1. The van der Waals surface area contributed by atoms with E-state index in [2.05, 4.69) is 52.7 Å². The molecule has 0 radical (unpaired) electrons. The van der Waals surface area contributed by atoms with Crippen LogP contribution >= 0.6 is 15.9 Å². The number of nitrogens with zero attached hydrogens (tertiary/aromatic N) is 4. The van der Waals surface area contributed by atoms with Gasteiger partial charge in [0, 0.05) is 36.2 Å². The molecular formula is C16H23BrN4. The summed E-state index contributed by atoms with van der Waals surface area (Å²) in [7, 11) is 0. The average Bonchev–Trinajstić information content (AvgIpc) is 3.03. The van der Waals surface area contributed by atoms with Crippen molar-refractivity contribution in [2.24, 2.45) is 5.92 Å². The second-order valence-corrected chi connectivity index (χ2v) is 7.73. The minimum absolute atomic E-state index is 0.0623. The SMILES string of the molecule is CC(C)(C)c1cc2c(N3CCC(CCBr)C3)nccn2n1. The summed E-state index contributed by atoms with van der Waals surface area (Å²) < 4.78 is 1.97. The first-order chi connectivity index (χ1) is 9.99. The summed E-state index contributed by atoms with van der Waals surface area (Å²) >= 11 is 3.55. The largest absolute Gasteiger partial charge is 0.355 e. The van der Waals surface area contributed by atoms with Gasteiger partial charge in [-0.3, -0.25) is 0 Å². The zero-order chi connectivity index (χ0) is 15.0. The third kappa shape index (κ3) is 2.93. The molecule has 4 nitrogen and oxygen atoms in total. The summed E-state index contributed by atoms with van der Waals surface area (Å²) in [5, 5.41) is 5.80. The summed E-state index contributed by atoms with van der Waals surface area (Å²) in [6.07, 6.45) is 6.31. The normalized spacial score (nSPS) is 19.6. The molecule has 0 amide bonds. The number of fused-ring (bicyclic) bond motifs is 1. The Bertz CT molecular complexity index is 629. The van der Waals surface area contributed by atoms with E-state index in [1.807, 2.05) is 16.9 Å². The van der Waals surface area contributed by atoms with Crippen molar-refractivity contribution in [2.75, 3.05) is 23.3 Å². The van der Waals surface area contributed by atoms with Gasteiger partial charge in [-0.2, -0.15) is 5.10 Å². The van der Waals surface area contributed by atoms with Crippen LogP contribution in [0.2, 0.25) is 0 Å². The predicted octanol–water partition coefficient (Wildman–Crippen LogP) is 3.64. The summed E-state index contributed by atoms with van der Waals surface area (Å²) in [4.78, 5) is 7.05. The van der Waals surface area contributed by atoms with Crippen LogP contribution in [0.5, 0.6) is 0 Å². The molecule has 1 aliphatic rings. The third-order valence-electron chi connectivity index (χ3n) is 4.24. The average molecular weight is 351 g/mol. The number of hydrogen-bond acceptors (Lipinski definition) is 3. The number of alkyl halides is 1. The molecule has 1 unspecified atom stereocenters. The first-order valence-electron chi connectivity index (χ1n) is 7.65. The van der Waals surface area contributed by atoms with Gasteiger partial charge in [0.15, 0.2) is 5.82 Å². The Kier molecular flexibility index (Phi) is 3.95. The second kappa shape index (κ2) is 5.59. The van der Waals surface area contributed by atoms with E-state index in [1.165, 1.54) is 12.8 Å². The molecule has 0 bridgehead atoms. The summed E-state index contributed by atoms with van der Waals surface area (Å²) in [6.45, 7) is 8.80. The van der Waals surface area contributed by atoms with Crippen LogP contribution in [0.3, 0.4) is 0 Å². The van der Waals surface area contributed by atoms with Crippen molar-refractivity contribution in [1.29, 1.82) is 0 Å². The molecule has 5 heteroatoms. The Morgan fingerprint density at radius 1 is 1.38 bits per heavy atom. The van der Waals surface area contributed by atoms with Crippen molar-refractivity contribution in [3.63, 3.8) is 0 Å². The molecule has 0 saturated carbocycles. The lowest BCUT2D eigenvalue weighted by Crippen LogP contribution is -2.21. The lowest BCUT2D eigenvalue weighted by molar-refractivity contribution is 0.562. The van der Waals surface area contributed by atoms with Gasteiger partial charge < -0.3 is 4.90 Å². The van der Waals surface area contributed by atoms with Crippen LogP contribution in [0, 0.1) is 5.92 Å². The molecule has 1 aliphatic heterocycles. The van der Waals surface area contributed by atoms with Gasteiger partial charge in [-0.05, 0) is 24.8 Å². The molecule has 0 aliphatic carbocycles. The summed E-state index contributed by atoms with van der Waals surface area (Å²) in [5.74, 6) is 1.86. The van der Waals surface area contributed by atoms with Crippen molar-refractivity contribution < 1.29 is 0 Å². The van der Waals surface area contributed by atoms with Gasteiger partial charge >= 0.3 is 0 Å². The van der Waals surface area contributed by atoms with Crippen molar-refractivity contribution >= 4 is 27.3 Å². The predicted molar refractivity (Wildman–Crippen MR) is 90.4 cm³/mol. The van der Waals surface area contributed by atoms with Crippen molar-refractivity contribution in [3.8, 4) is 0 Å². The molecule has 3 heterocycles. The Morgan fingerprint density at radius 2 is 2.19 bits per heavy atom. The zero-order valence-corrected chi connectivity index (χ0v) is 14.6. The molecule has 3 rings (SSSR count). The van der Waals surface area contributed by atoms with Crippen LogP contribution in [0.4, 0.5) is 5.82 Å². The fourth-order valence-electron chi connectivity index (χ4n) is 2.93. The Morgan fingerprint density at radius 3 is 2.90 bits per heavy atom. The van der Waals surface area contributed by atoms with E-state index in [1.54, 1.807) is 0 Å². The van der Waals surface area contributed by atoms with Gasteiger partial charge in [0.25, 0.3) is 0 Å². The molecule has 0 aromatic carbocycles. The number of aromatic nitrogens is 3. The molecule has 2 aromatic heterocycles. The van der Waals surface area contributed by atoms with Crippen LogP contribution in [0.25, 0.3) is 5.52 Å². The standard InChI is InChI=1S/C16H23BrN4/c1-16(2,3)14-10-13-15(18-7-9-21(13)19-14)20-8-5-12(11-20)4-6-17/h7,9-10,12H,4-6,8,11H2,1-3H3. The maximum atomic E-state index is 4.71. The molecule has 0 N–H and O–H groups in total. The molecule has 0 spiro atoms. The van der Waals surface area contributed by atoms with E-state index in [-0.39, 0.29) is 5.41 Å². The maximum Gasteiger partial charge on any atom is 0.154 e. The molecule has 114 valence electrons. The Hall–Kier alpha value is -1.10. The van der Waals surface area contributed by atoms with Gasteiger partial charge in [0.2, 0.25) is 0 Å². The maximum absolute atomic E-state index is 4.71. The number of hydrogen-bond donors (Lipinski definition) is 0. The van der Waals surface area contributed by atoms with E-state index >= 15 is 0 Å². The van der Waals surface area contributed by atoms with Gasteiger partial charge in [0.05, 0.1) is 5.69 Å². The topological polar surface area (TPSA) is 33.4 Å². The highest BCUT2D eigenvalue weighted by Gasteiger charge is 2.26. The quantitative estimate of drug-likeness (QED) is 0.792. The summed E-state index contributed by atoms with van der Waals surface area (Å²) in [6, 6.07) is 2.19. The molecule has 1 atom stereocenters. The first kappa shape index (κ1) is 14.8. The van der Waals surface area contributed by atoms with Gasteiger partial charge in [0.1, 0.15) is 5.52 Å². The highest BCUT2D eigenvalue weighted by molar-refractivity contribution is 9.09. The molecular weight excluding hydrogens is 328 g/mol. The van der Waals surface area contributed by atoms with E-state index < -0.39 is 0 Å². The molecule has 2 aromatic rings. The van der Waals surface area contributed by atoms with Gasteiger partial charge in [-0.1, -0.05) is 36.7 Å². The molecule has 21 heavy (non-hydrogen) atoms. The highest BCUT2D eigenvalue weighted by atomic mass is 79.9. The lowest BCUT2D eigenvalue weighted by Gasteiger charge is -2.18. The van der Waals surface area contributed by atoms with E-state index in [4.69, 9.17) is 5.10 Å². The lowest BCUT2D eigenvalue weighted by atomic mass is 9.92. The fourth-order valence-corrected chi connectivity index (χ4v) is 3.58. The molecule has 1 saturated heterocycles. The number of rotatable bonds is 3. The monoisotopic (exact) mass is 350 g/mol. The van der Waals surface area contributed by atoms with Crippen molar-refractivity contribution in [3.05, 3.63) is 24.2 Å². The summed E-state index contributed by atoms with van der Waals surface area (Å²) in [5.41, 5.74) is 2.31. The minimum atomic E-state index is 0.0623. The first-order valence-corrected chi connectivity index (χ1v) is 8.77. The number of anilines is 1. The molecule has 1 fully saturated rings. The van der Waals surface area contributed by atoms with Crippen LogP contribution in [0.15, 0.2) is 18.5 Å². The minimum Gasteiger partial charge on any atom is -0.355 e. The van der Waals surface area contributed by atoms with E-state index in [9.17, 15) is 0 Å². The third-order valence-corrected chi connectivity index (χ3v) is 4.70. The highest BCUT2D eigenvalue weighted by Crippen LogP contribution is 2.30. The van der Waals surface area contributed by atoms with Gasteiger partial charge in [-0.25, -0.2) is 9.50 Å². The van der Waals surface area contributed by atoms with Crippen LogP contribution in [0.1, 0.15) is 39.3 Å². The van der Waals surface area contributed by atoms with Crippen LogP contribution < -0.4 is 4.90 Å². The Balaban J connectivity index is 1.94. The second-order valence-electron chi connectivity index (χ2n) is 6.94. The zero-order valence-electron chi connectivity index (χ0n) is 13.0.